The average molecular weight is 436 g/mol. The predicted octanol–water partition coefficient (Wildman–Crippen LogP) is 3.94. The Morgan fingerprint density at radius 1 is 1.13 bits per heavy atom. The van der Waals surface area contributed by atoms with Crippen LogP contribution >= 0.6 is 0 Å². The molecule has 168 valence electrons. The van der Waals surface area contributed by atoms with Crippen molar-refractivity contribution in [2.75, 3.05) is 18.8 Å². The van der Waals surface area contributed by atoms with Crippen molar-refractivity contribution in [2.45, 2.75) is 84.2 Å². The highest BCUT2D eigenvalue weighted by Crippen LogP contribution is 2.32. The normalized spacial score (nSPS) is 20.1. The van der Waals surface area contributed by atoms with E-state index in [1.807, 2.05) is 13.0 Å². The van der Waals surface area contributed by atoms with Gasteiger partial charge in [-0.15, -0.1) is 0 Å². The van der Waals surface area contributed by atoms with Gasteiger partial charge in [0.25, 0.3) is 0 Å². The van der Waals surface area contributed by atoms with Crippen LogP contribution in [0.1, 0.15) is 81.3 Å². The molecule has 2 heterocycles. The van der Waals surface area contributed by atoms with Gasteiger partial charge >= 0.3 is 0 Å². The highest BCUT2D eigenvalue weighted by molar-refractivity contribution is 7.89. The zero-order valence-corrected chi connectivity index (χ0v) is 19.5. The molecule has 0 spiro atoms. The van der Waals surface area contributed by atoms with Gasteiger partial charge in [0.15, 0.2) is 0 Å². The molecule has 1 amide bonds. The van der Waals surface area contributed by atoms with Crippen molar-refractivity contribution in [1.82, 2.24) is 14.2 Å². The van der Waals surface area contributed by atoms with Gasteiger partial charge in [0.05, 0.1) is 5.75 Å². The minimum atomic E-state index is -3.14. The molecule has 2 aliphatic rings. The van der Waals surface area contributed by atoms with Crippen LogP contribution in [0.4, 0.5) is 0 Å². The summed E-state index contributed by atoms with van der Waals surface area (Å²) in [5, 5.41) is 3.04. The number of aromatic nitrogens is 1. The number of piperidine rings is 1. The number of hydrogen-bond acceptors (Lipinski definition) is 3. The predicted molar refractivity (Wildman–Crippen MR) is 122 cm³/mol. The Morgan fingerprint density at radius 2 is 1.80 bits per heavy atom. The molecule has 0 bridgehead atoms. The summed E-state index contributed by atoms with van der Waals surface area (Å²) in [4.78, 5) is 12.4. The Balaban J connectivity index is 1.54. The molecule has 7 heteroatoms. The van der Waals surface area contributed by atoms with Gasteiger partial charge in [-0.1, -0.05) is 26.2 Å². The van der Waals surface area contributed by atoms with Gasteiger partial charge < -0.3 is 9.88 Å². The number of rotatable bonds is 7. The Kier molecular flexibility index (Phi) is 7.80. The number of sulfonamides is 1. The number of nitrogens with one attached hydrogen (secondary N) is 1. The number of aryl methyl sites for hydroxylation is 1. The van der Waals surface area contributed by atoms with Gasteiger partial charge in [-0.2, -0.15) is 0 Å². The maximum Gasteiger partial charge on any atom is 0.244 e. The molecule has 1 aromatic rings. The molecule has 1 aliphatic heterocycles. The summed E-state index contributed by atoms with van der Waals surface area (Å²) in [6, 6.07) is 2.79. The largest absolute Gasteiger partial charge is 0.350 e. The molecule has 0 aromatic carbocycles. The van der Waals surface area contributed by atoms with Crippen LogP contribution in [-0.4, -0.2) is 48.1 Å². The van der Waals surface area contributed by atoms with E-state index in [2.05, 4.69) is 29.8 Å². The van der Waals surface area contributed by atoms with E-state index in [1.54, 1.807) is 10.4 Å². The molecule has 1 aromatic heterocycles. The van der Waals surface area contributed by atoms with Crippen LogP contribution in [-0.2, 0) is 14.8 Å². The lowest BCUT2D eigenvalue weighted by atomic mass is 9.95. The fourth-order valence-electron chi connectivity index (χ4n) is 4.95. The third-order valence-corrected chi connectivity index (χ3v) is 8.61. The molecule has 1 saturated heterocycles. The van der Waals surface area contributed by atoms with Crippen LogP contribution < -0.4 is 5.32 Å². The monoisotopic (exact) mass is 435 g/mol. The molecule has 1 N–H and O–H groups in total. The number of hydrogen-bond donors (Lipinski definition) is 1. The fraction of sp³-hybridized carbons (Fsp3) is 0.696. The summed E-state index contributed by atoms with van der Waals surface area (Å²) in [6.07, 6.45) is 11.9. The summed E-state index contributed by atoms with van der Waals surface area (Å²) in [5.41, 5.74) is 3.60. The van der Waals surface area contributed by atoms with E-state index in [1.165, 1.54) is 43.5 Å². The van der Waals surface area contributed by atoms with Gasteiger partial charge in [0.1, 0.15) is 0 Å². The summed E-state index contributed by atoms with van der Waals surface area (Å²) in [6.45, 7) is 7.15. The molecule has 2 fully saturated rings. The highest BCUT2D eigenvalue weighted by atomic mass is 32.2. The van der Waals surface area contributed by atoms with Gasteiger partial charge in [0, 0.05) is 42.6 Å². The minimum Gasteiger partial charge on any atom is -0.350 e. The molecule has 1 aliphatic carbocycles. The average Bonchev–Trinajstić information content (AvgIpc) is 3.00. The quantitative estimate of drug-likeness (QED) is 0.659. The lowest BCUT2D eigenvalue weighted by molar-refractivity contribution is -0.117. The maximum absolute atomic E-state index is 12.4. The third-order valence-electron chi connectivity index (χ3n) is 6.53. The summed E-state index contributed by atoms with van der Waals surface area (Å²) in [5.74, 6) is 0.0961. The summed E-state index contributed by atoms with van der Waals surface area (Å²) in [7, 11) is -3.14. The maximum atomic E-state index is 12.4. The number of carbonyl (C=O) groups excluding carboxylic acids is 1. The van der Waals surface area contributed by atoms with Crippen molar-refractivity contribution < 1.29 is 13.2 Å². The molecule has 30 heavy (non-hydrogen) atoms. The smallest absolute Gasteiger partial charge is 0.244 e. The van der Waals surface area contributed by atoms with Crippen LogP contribution in [0.15, 0.2) is 12.1 Å². The fourth-order valence-corrected chi connectivity index (χ4v) is 6.49. The van der Waals surface area contributed by atoms with Crippen LogP contribution in [0, 0.1) is 13.8 Å². The molecule has 0 atom stereocenters. The van der Waals surface area contributed by atoms with Crippen molar-refractivity contribution in [3.05, 3.63) is 29.1 Å². The standard InChI is InChI=1S/C23H37N3O3S/c1-4-16-30(28,29)25-14-12-21(13-15-25)24-23(27)11-10-20-17-18(2)26(19(20)3)22-8-6-5-7-9-22/h10-11,17,21-22H,4-9,12-16H2,1-3H3,(H,24,27)/b11-10+. The van der Waals surface area contributed by atoms with Crippen molar-refractivity contribution in [2.24, 2.45) is 0 Å². The number of amides is 1. The van der Waals surface area contributed by atoms with E-state index in [4.69, 9.17) is 0 Å². The Hall–Kier alpha value is -1.60. The lowest BCUT2D eigenvalue weighted by Crippen LogP contribution is -2.46. The summed E-state index contributed by atoms with van der Waals surface area (Å²) < 4.78 is 28.4. The molecule has 1 saturated carbocycles. The third kappa shape index (κ3) is 5.55. The first-order valence-corrected chi connectivity index (χ1v) is 13.1. The topological polar surface area (TPSA) is 71.4 Å². The van der Waals surface area contributed by atoms with E-state index in [9.17, 15) is 13.2 Å². The first kappa shape index (κ1) is 23.1. The lowest BCUT2D eigenvalue weighted by Gasteiger charge is -2.31. The van der Waals surface area contributed by atoms with Gasteiger partial charge in [-0.3, -0.25) is 4.79 Å². The van der Waals surface area contributed by atoms with Crippen LogP contribution in [0.2, 0.25) is 0 Å². The van der Waals surface area contributed by atoms with E-state index in [0.29, 0.717) is 38.4 Å². The van der Waals surface area contributed by atoms with Crippen LogP contribution in [0.25, 0.3) is 6.08 Å². The van der Waals surface area contributed by atoms with Crippen molar-refractivity contribution >= 4 is 22.0 Å². The SMILES string of the molecule is CCCS(=O)(=O)N1CCC(NC(=O)/C=C/c2cc(C)n(C3CCCCC3)c2C)CC1. The Morgan fingerprint density at radius 3 is 2.43 bits per heavy atom. The summed E-state index contributed by atoms with van der Waals surface area (Å²) >= 11 is 0. The van der Waals surface area contributed by atoms with Gasteiger partial charge in [0.2, 0.25) is 15.9 Å². The highest BCUT2D eigenvalue weighted by Gasteiger charge is 2.27. The van der Waals surface area contributed by atoms with Gasteiger partial charge in [-0.05, 0) is 63.7 Å². The van der Waals surface area contributed by atoms with Crippen LogP contribution in [0.3, 0.4) is 0 Å². The Labute approximate surface area is 181 Å². The minimum absolute atomic E-state index is 0.0323. The number of nitrogens with zero attached hydrogens (tertiary/aromatic N) is 2. The molecular weight excluding hydrogens is 398 g/mol. The zero-order valence-electron chi connectivity index (χ0n) is 18.7. The van der Waals surface area contributed by atoms with Crippen molar-refractivity contribution in [1.29, 1.82) is 0 Å². The zero-order chi connectivity index (χ0) is 21.7. The van der Waals surface area contributed by atoms with Crippen molar-refractivity contribution in [3.8, 4) is 0 Å². The van der Waals surface area contributed by atoms with Crippen LogP contribution in [0.5, 0.6) is 0 Å². The van der Waals surface area contributed by atoms with E-state index < -0.39 is 10.0 Å². The van der Waals surface area contributed by atoms with Crippen molar-refractivity contribution in [3.63, 3.8) is 0 Å². The molecule has 0 radical (unpaired) electrons. The second-order valence-corrected chi connectivity index (χ2v) is 10.9. The van der Waals surface area contributed by atoms with E-state index in [0.717, 1.165) is 5.56 Å². The second-order valence-electron chi connectivity index (χ2n) is 8.82. The van der Waals surface area contributed by atoms with Gasteiger partial charge in [-0.25, -0.2) is 12.7 Å². The molecular formula is C23H37N3O3S. The second kappa shape index (κ2) is 10.1. The molecule has 3 rings (SSSR count). The molecule has 6 nitrogen and oxygen atoms in total. The van der Waals surface area contributed by atoms with E-state index >= 15 is 0 Å². The number of carbonyl (C=O) groups is 1. The Bertz CT molecular complexity index is 858. The first-order valence-electron chi connectivity index (χ1n) is 11.5. The van der Waals surface area contributed by atoms with E-state index in [-0.39, 0.29) is 17.7 Å². The first-order chi connectivity index (χ1) is 14.3. The molecule has 0 unspecified atom stereocenters.